The maximum atomic E-state index is 12.3. The average Bonchev–Trinajstić information content (AvgIpc) is 2.61. The molecule has 0 aliphatic carbocycles. The van der Waals surface area contributed by atoms with E-state index in [1.807, 2.05) is 6.92 Å². The summed E-state index contributed by atoms with van der Waals surface area (Å²) in [6, 6.07) is 4.56. The molecule has 1 amide bonds. The zero-order valence-electron chi connectivity index (χ0n) is 14.9. The van der Waals surface area contributed by atoms with Gasteiger partial charge in [0, 0.05) is 31.1 Å². The molecule has 1 saturated heterocycles. The van der Waals surface area contributed by atoms with E-state index in [9.17, 15) is 20.0 Å². The molecule has 7 nitrogen and oxygen atoms in total. The Morgan fingerprint density at radius 3 is 2.92 bits per heavy atom. The Bertz CT molecular complexity index is 620. The number of rotatable bonds is 7. The van der Waals surface area contributed by atoms with Crippen LogP contribution in [0.4, 0.5) is 11.4 Å². The van der Waals surface area contributed by atoms with Gasteiger partial charge in [-0.05, 0) is 38.3 Å². The third-order valence-corrected chi connectivity index (χ3v) is 4.86. The molecule has 25 heavy (non-hydrogen) atoms. The molecule has 0 bridgehead atoms. The van der Waals surface area contributed by atoms with Gasteiger partial charge in [-0.25, -0.2) is 0 Å². The number of nitro benzene ring substituents is 1. The fourth-order valence-corrected chi connectivity index (χ4v) is 3.32. The molecule has 0 radical (unpaired) electrons. The molecule has 1 aliphatic rings. The number of likely N-dealkylation sites (tertiary alicyclic amines) is 1. The zero-order chi connectivity index (χ0) is 18.4. The summed E-state index contributed by atoms with van der Waals surface area (Å²) in [7, 11) is 0. The standard InChI is InChI=1S/C18H27N3O4/c1-3-17(22)16-6-4-5-10-20(16)11-9-18(23)19-15-12-14(21(24)25)8-7-13(15)2/h7-8,12,16-17,22H,3-6,9-11H2,1-2H3,(H,19,23). The fraction of sp³-hybridized carbons (Fsp3) is 0.611. The molecule has 0 saturated carbocycles. The van der Waals surface area contributed by atoms with Crippen molar-refractivity contribution in [3.05, 3.63) is 33.9 Å². The fourth-order valence-electron chi connectivity index (χ4n) is 3.32. The molecule has 2 rings (SSSR count). The van der Waals surface area contributed by atoms with Gasteiger partial charge >= 0.3 is 0 Å². The van der Waals surface area contributed by atoms with Crippen molar-refractivity contribution in [1.29, 1.82) is 0 Å². The van der Waals surface area contributed by atoms with Gasteiger partial charge in [-0.1, -0.05) is 19.4 Å². The second kappa shape index (κ2) is 8.92. The van der Waals surface area contributed by atoms with E-state index in [1.165, 1.54) is 12.1 Å². The number of aryl methyl sites for hydroxylation is 1. The Balaban J connectivity index is 1.94. The summed E-state index contributed by atoms with van der Waals surface area (Å²) in [6.07, 6.45) is 3.80. The molecular formula is C18H27N3O4. The van der Waals surface area contributed by atoms with Gasteiger partial charge in [-0.2, -0.15) is 0 Å². The number of nitrogens with zero attached hydrogens (tertiary/aromatic N) is 2. The van der Waals surface area contributed by atoms with Crippen molar-refractivity contribution < 1.29 is 14.8 Å². The number of nitro groups is 1. The molecule has 1 heterocycles. The zero-order valence-corrected chi connectivity index (χ0v) is 14.9. The normalized spacial score (nSPS) is 19.4. The highest BCUT2D eigenvalue weighted by Crippen LogP contribution is 2.23. The number of piperidine rings is 1. The second-order valence-electron chi connectivity index (χ2n) is 6.63. The predicted molar refractivity (Wildman–Crippen MR) is 96.6 cm³/mol. The quantitative estimate of drug-likeness (QED) is 0.583. The Morgan fingerprint density at radius 2 is 2.24 bits per heavy atom. The summed E-state index contributed by atoms with van der Waals surface area (Å²) < 4.78 is 0. The van der Waals surface area contributed by atoms with E-state index in [0.717, 1.165) is 31.4 Å². The number of aliphatic hydroxyl groups is 1. The van der Waals surface area contributed by atoms with Crippen LogP contribution in [-0.2, 0) is 4.79 Å². The number of benzene rings is 1. The van der Waals surface area contributed by atoms with Gasteiger partial charge in [-0.15, -0.1) is 0 Å². The number of anilines is 1. The van der Waals surface area contributed by atoms with Crippen LogP contribution in [0, 0.1) is 17.0 Å². The summed E-state index contributed by atoms with van der Waals surface area (Å²) in [5.74, 6) is -0.168. The van der Waals surface area contributed by atoms with E-state index < -0.39 is 4.92 Å². The lowest BCUT2D eigenvalue weighted by molar-refractivity contribution is -0.384. The number of hydrogen-bond donors (Lipinski definition) is 2. The number of hydrogen-bond acceptors (Lipinski definition) is 5. The van der Waals surface area contributed by atoms with Crippen molar-refractivity contribution in [3.63, 3.8) is 0 Å². The molecule has 1 aromatic carbocycles. The molecule has 138 valence electrons. The van der Waals surface area contributed by atoms with E-state index >= 15 is 0 Å². The third-order valence-electron chi connectivity index (χ3n) is 4.86. The first-order chi connectivity index (χ1) is 11.9. The summed E-state index contributed by atoms with van der Waals surface area (Å²) in [4.78, 5) is 24.9. The molecule has 1 aromatic rings. The van der Waals surface area contributed by atoms with E-state index in [0.29, 0.717) is 25.1 Å². The lowest BCUT2D eigenvalue weighted by atomic mass is 9.95. The van der Waals surface area contributed by atoms with Crippen LogP contribution in [0.2, 0.25) is 0 Å². The third kappa shape index (κ3) is 5.24. The SMILES string of the molecule is CCC(O)C1CCCCN1CCC(=O)Nc1cc([N+](=O)[O-])ccc1C. The molecule has 2 unspecified atom stereocenters. The molecule has 0 spiro atoms. The van der Waals surface area contributed by atoms with Crippen molar-refractivity contribution in [2.45, 2.75) is 58.1 Å². The average molecular weight is 349 g/mol. The van der Waals surface area contributed by atoms with Gasteiger partial charge in [-0.3, -0.25) is 19.8 Å². The molecule has 1 fully saturated rings. The summed E-state index contributed by atoms with van der Waals surface area (Å²) in [5.41, 5.74) is 1.22. The maximum Gasteiger partial charge on any atom is 0.271 e. The Kier molecular flexibility index (Phi) is 6.90. The van der Waals surface area contributed by atoms with Crippen LogP contribution in [-0.4, -0.2) is 46.1 Å². The highest BCUT2D eigenvalue weighted by Gasteiger charge is 2.27. The van der Waals surface area contributed by atoms with Crippen molar-refractivity contribution >= 4 is 17.3 Å². The van der Waals surface area contributed by atoms with Gasteiger partial charge in [0.1, 0.15) is 0 Å². The molecule has 2 atom stereocenters. The monoisotopic (exact) mass is 349 g/mol. The molecule has 7 heteroatoms. The van der Waals surface area contributed by atoms with Crippen LogP contribution in [0.5, 0.6) is 0 Å². The van der Waals surface area contributed by atoms with Crippen LogP contribution in [0.15, 0.2) is 18.2 Å². The number of carbonyl (C=O) groups excluding carboxylic acids is 1. The highest BCUT2D eigenvalue weighted by atomic mass is 16.6. The Hall–Kier alpha value is -1.99. The maximum absolute atomic E-state index is 12.3. The number of non-ortho nitro benzene ring substituents is 1. The Labute approximate surface area is 148 Å². The second-order valence-corrected chi connectivity index (χ2v) is 6.63. The van der Waals surface area contributed by atoms with Crippen molar-refractivity contribution in [1.82, 2.24) is 4.90 Å². The summed E-state index contributed by atoms with van der Waals surface area (Å²) >= 11 is 0. The lowest BCUT2D eigenvalue weighted by Crippen LogP contribution is -2.47. The summed E-state index contributed by atoms with van der Waals surface area (Å²) in [5, 5.41) is 23.8. The minimum absolute atomic E-state index is 0.0388. The van der Waals surface area contributed by atoms with Crippen LogP contribution < -0.4 is 5.32 Å². The number of amides is 1. The van der Waals surface area contributed by atoms with Crippen molar-refractivity contribution in [3.8, 4) is 0 Å². The largest absolute Gasteiger partial charge is 0.392 e. The first-order valence-corrected chi connectivity index (χ1v) is 8.89. The smallest absolute Gasteiger partial charge is 0.271 e. The van der Waals surface area contributed by atoms with Gasteiger partial charge in [0.2, 0.25) is 5.91 Å². The van der Waals surface area contributed by atoms with E-state index in [1.54, 1.807) is 13.0 Å². The lowest BCUT2D eigenvalue weighted by Gasteiger charge is -2.38. The Morgan fingerprint density at radius 1 is 1.48 bits per heavy atom. The van der Waals surface area contributed by atoms with E-state index in [4.69, 9.17) is 0 Å². The molecule has 0 aromatic heterocycles. The number of aliphatic hydroxyl groups excluding tert-OH is 1. The van der Waals surface area contributed by atoms with Gasteiger partial charge in [0.15, 0.2) is 0 Å². The van der Waals surface area contributed by atoms with Crippen molar-refractivity contribution in [2.75, 3.05) is 18.4 Å². The van der Waals surface area contributed by atoms with E-state index in [-0.39, 0.29) is 23.7 Å². The van der Waals surface area contributed by atoms with Gasteiger partial charge in [0.05, 0.1) is 16.7 Å². The first-order valence-electron chi connectivity index (χ1n) is 8.89. The first kappa shape index (κ1) is 19.3. The molecular weight excluding hydrogens is 322 g/mol. The van der Waals surface area contributed by atoms with Gasteiger partial charge in [0.25, 0.3) is 5.69 Å². The molecule has 2 N–H and O–H groups in total. The van der Waals surface area contributed by atoms with Gasteiger partial charge < -0.3 is 10.4 Å². The van der Waals surface area contributed by atoms with E-state index in [2.05, 4.69) is 10.2 Å². The van der Waals surface area contributed by atoms with Crippen molar-refractivity contribution in [2.24, 2.45) is 0 Å². The topological polar surface area (TPSA) is 95.7 Å². The number of nitrogens with one attached hydrogen (secondary N) is 1. The molecule has 1 aliphatic heterocycles. The minimum atomic E-state index is -0.473. The predicted octanol–water partition coefficient (Wildman–Crippen LogP) is 2.86. The van der Waals surface area contributed by atoms with Crippen LogP contribution in [0.3, 0.4) is 0 Å². The highest BCUT2D eigenvalue weighted by molar-refractivity contribution is 5.92. The summed E-state index contributed by atoms with van der Waals surface area (Å²) in [6.45, 7) is 5.25. The van der Waals surface area contributed by atoms with Crippen LogP contribution >= 0.6 is 0 Å². The van der Waals surface area contributed by atoms with Crippen LogP contribution in [0.1, 0.15) is 44.6 Å². The van der Waals surface area contributed by atoms with Crippen LogP contribution in [0.25, 0.3) is 0 Å². The number of carbonyl (C=O) groups is 1. The minimum Gasteiger partial charge on any atom is -0.392 e.